The van der Waals surface area contributed by atoms with Crippen LogP contribution in [-0.2, 0) is 0 Å². The van der Waals surface area contributed by atoms with Crippen LogP contribution >= 0.6 is 0 Å². The predicted molar refractivity (Wildman–Crippen MR) is 110 cm³/mol. The fourth-order valence-corrected chi connectivity index (χ4v) is 3.83. The Morgan fingerprint density at radius 2 is 1.22 bits per heavy atom. The average Bonchev–Trinajstić information content (AvgIpc) is 2.74. The smallest absolute Gasteiger partial charge is 0.285 e. The number of nitrogens with zero attached hydrogens (tertiary/aromatic N) is 2. The Morgan fingerprint density at radius 3 is 1.67 bits per heavy atom. The predicted octanol–water partition coefficient (Wildman–Crippen LogP) is 5.92. The molecule has 0 unspecified atom stereocenters. The largest absolute Gasteiger partial charge is 0.371 e. The summed E-state index contributed by atoms with van der Waals surface area (Å²) in [6.45, 7) is 2.00. The van der Waals surface area contributed by atoms with E-state index in [0.717, 1.165) is 29.9 Å². The van der Waals surface area contributed by atoms with Crippen molar-refractivity contribution >= 4 is 11.4 Å². The van der Waals surface area contributed by atoms with Gasteiger partial charge in [-0.2, -0.15) is 0 Å². The second-order valence-electron chi connectivity index (χ2n) is 6.93. The molecule has 4 nitrogen and oxygen atoms in total. The summed E-state index contributed by atoms with van der Waals surface area (Å²) in [6.07, 6.45) is 3.58. The summed E-state index contributed by atoms with van der Waals surface area (Å²) in [4.78, 5) is 14.2. The molecule has 0 bridgehead atoms. The van der Waals surface area contributed by atoms with Gasteiger partial charge in [0, 0.05) is 18.8 Å². The summed E-state index contributed by atoms with van der Waals surface area (Å²) in [7, 11) is 0. The Balaban J connectivity index is 1.96. The third-order valence-electron chi connectivity index (χ3n) is 5.17. The molecule has 1 saturated heterocycles. The number of benzene rings is 3. The molecule has 1 heterocycles. The van der Waals surface area contributed by atoms with Gasteiger partial charge in [0.1, 0.15) is 0 Å². The van der Waals surface area contributed by atoms with Gasteiger partial charge in [0.15, 0.2) is 0 Å². The van der Waals surface area contributed by atoms with Crippen molar-refractivity contribution in [2.24, 2.45) is 0 Å². The zero-order chi connectivity index (χ0) is 18.6. The van der Waals surface area contributed by atoms with Gasteiger partial charge >= 0.3 is 0 Å². The van der Waals surface area contributed by atoms with Crippen molar-refractivity contribution in [3.63, 3.8) is 0 Å². The second-order valence-corrected chi connectivity index (χ2v) is 6.93. The maximum atomic E-state index is 12.1. The molecule has 1 fully saturated rings. The number of hydrogen-bond acceptors (Lipinski definition) is 3. The highest BCUT2D eigenvalue weighted by Crippen LogP contribution is 2.42. The summed E-state index contributed by atoms with van der Waals surface area (Å²) in [5.74, 6) is 0. The van der Waals surface area contributed by atoms with Gasteiger partial charge < -0.3 is 4.90 Å². The Hall–Kier alpha value is -3.14. The molecular formula is C23H22N2O2. The Kier molecular flexibility index (Phi) is 4.88. The van der Waals surface area contributed by atoms with Crippen molar-refractivity contribution in [3.8, 4) is 22.3 Å². The van der Waals surface area contributed by atoms with E-state index >= 15 is 0 Å². The summed E-state index contributed by atoms with van der Waals surface area (Å²) < 4.78 is 0. The van der Waals surface area contributed by atoms with Crippen LogP contribution in [0, 0.1) is 10.1 Å². The lowest BCUT2D eigenvalue weighted by atomic mass is 9.94. The third kappa shape index (κ3) is 3.56. The molecule has 1 aliphatic rings. The van der Waals surface area contributed by atoms with Crippen LogP contribution in [0.1, 0.15) is 19.3 Å². The standard InChI is InChI=1S/C23H22N2O2/c26-25(27)23-21(18-10-4-1-5-11-18)16-20(24-14-8-3-9-15-24)17-22(23)19-12-6-2-7-13-19/h1-2,4-7,10-13,16-17H,3,8-9,14-15H2. The minimum absolute atomic E-state index is 0.174. The van der Waals surface area contributed by atoms with Crippen molar-refractivity contribution in [2.45, 2.75) is 19.3 Å². The summed E-state index contributed by atoms with van der Waals surface area (Å²) in [6, 6.07) is 23.3. The number of nitro benzene ring substituents is 1. The molecular weight excluding hydrogens is 336 g/mol. The topological polar surface area (TPSA) is 46.4 Å². The van der Waals surface area contributed by atoms with E-state index in [1.54, 1.807) is 0 Å². The summed E-state index contributed by atoms with van der Waals surface area (Å²) in [5, 5.41) is 12.1. The van der Waals surface area contributed by atoms with Gasteiger partial charge in [-0.3, -0.25) is 10.1 Å². The summed E-state index contributed by atoms with van der Waals surface area (Å²) in [5.41, 5.74) is 4.36. The molecule has 0 amide bonds. The molecule has 136 valence electrons. The lowest BCUT2D eigenvalue weighted by Crippen LogP contribution is -2.29. The minimum atomic E-state index is -0.245. The van der Waals surface area contributed by atoms with Gasteiger partial charge in [-0.1, -0.05) is 60.7 Å². The molecule has 0 saturated carbocycles. The first-order chi connectivity index (χ1) is 13.2. The Bertz CT molecular complexity index is 873. The van der Waals surface area contributed by atoms with Crippen LogP contribution in [0.3, 0.4) is 0 Å². The molecule has 3 aromatic rings. The van der Waals surface area contributed by atoms with Gasteiger partial charge in [0.25, 0.3) is 5.69 Å². The lowest BCUT2D eigenvalue weighted by molar-refractivity contribution is -0.383. The molecule has 4 rings (SSSR count). The maximum absolute atomic E-state index is 12.1. The van der Waals surface area contributed by atoms with E-state index in [-0.39, 0.29) is 10.6 Å². The van der Waals surface area contributed by atoms with E-state index in [9.17, 15) is 10.1 Å². The molecule has 3 aromatic carbocycles. The van der Waals surface area contributed by atoms with Crippen LogP contribution in [0.25, 0.3) is 22.3 Å². The Labute approximate surface area is 159 Å². The first-order valence-electron chi connectivity index (χ1n) is 9.42. The van der Waals surface area contributed by atoms with Crippen molar-refractivity contribution in [2.75, 3.05) is 18.0 Å². The first-order valence-corrected chi connectivity index (χ1v) is 9.42. The number of rotatable bonds is 4. The van der Waals surface area contributed by atoms with Gasteiger partial charge in [-0.15, -0.1) is 0 Å². The van der Waals surface area contributed by atoms with Gasteiger partial charge in [-0.05, 0) is 42.5 Å². The van der Waals surface area contributed by atoms with E-state index < -0.39 is 0 Å². The molecule has 0 N–H and O–H groups in total. The highest BCUT2D eigenvalue weighted by atomic mass is 16.6. The molecule has 0 aromatic heterocycles. The highest BCUT2D eigenvalue weighted by Gasteiger charge is 2.25. The maximum Gasteiger partial charge on any atom is 0.285 e. The van der Waals surface area contributed by atoms with Crippen molar-refractivity contribution in [1.82, 2.24) is 0 Å². The van der Waals surface area contributed by atoms with Gasteiger partial charge in [0.05, 0.1) is 16.1 Å². The fraction of sp³-hybridized carbons (Fsp3) is 0.217. The molecule has 0 spiro atoms. The van der Waals surface area contributed by atoms with Crippen LogP contribution in [0.4, 0.5) is 11.4 Å². The minimum Gasteiger partial charge on any atom is -0.371 e. The number of hydrogen-bond donors (Lipinski definition) is 0. The summed E-state index contributed by atoms with van der Waals surface area (Å²) >= 11 is 0. The van der Waals surface area contributed by atoms with Crippen LogP contribution in [0.5, 0.6) is 0 Å². The van der Waals surface area contributed by atoms with E-state index in [1.165, 1.54) is 19.3 Å². The van der Waals surface area contributed by atoms with E-state index in [2.05, 4.69) is 4.90 Å². The average molecular weight is 358 g/mol. The van der Waals surface area contributed by atoms with E-state index in [1.807, 2.05) is 72.8 Å². The molecule has 4 heteroatoms. The van der Waals surface area contributed by atoms with E-state index in [0.29, 0.717) is 11.1 Å². The van der Waals surface area contributed by atoms with Crippen LogP contribution in [-0.4, -0.2) is 18.0 Å². The molecule has 1 aliphatic heterocycles. The SMILES string of the molecule is O=[N+]([O-])c1c(-c2ccccc2)cc(N2CCCCC2)cc1-c1ccccc1. The zero-order valence-corrected chi connectivity index (χ0v) is 15.2. The van der Waals surface area contributed by atoms with Crippen molar-refractivity contribution < 1.29 is 4.92 Å². The monoisotopic (exact) mass is 358 g/mol. The van der Waals surface area contributed by atoms with Crippen molar-refractivity contribution in [3.05, 3.63) is 82.9 Å². The third-order valence-corrected chi connectivity index (χ3v) is 5.17. The van der Waals surface area contributed by atoms with E-state index in [4.69, 9.17) is 0 Å². The second kappa shape index (κ2) is 7.62. The molecule has 0 radical (unpaired) electrons. The molecule has 0 atom stereocenters. The fourth-order valence-electron chi connectivity index (χ4n) is 3.83. The number of piperidine rings is 1. The Morgan fingerprint density at radius 1 is 0.741 bits per heavy atom. The molecule has 27 heavy (non-hydrogen) atoms. The van der Waals surface area contributed by atoms with Crippen molar-refractivity contribution in [1.29, 1.82) is 0 Å². The number of anilines is 1. The van der Waals surface area contributed by atoms with Crippen LogP contribution in [0.2, 0.25) is 0 Å². The van der Waals surface area contributed by atoms with Crippen LogP contribution < -0.4 is 4.90 Å². The lowest BCUT2D eigenvalue weighted by Gasteiger charge is -2.29. The van der Waals surface area contributed by atoms with Crippen LogP contribution in [0.15, 0.2) is 72.8 Å². The first kappa shape index (κ1) is 17.3. The molecule has 0 aliphatic carbocycles. The van der Waals surface area contributed by atoms with Gasteiger partial charge in [0.2, 0.25) is 0 Å². The quantitative estimate of drug-likeness (QED) is 0.430. The highest BCUT2D eigenvalue weighted by molar-refractivity contribution is 5.89. The normalized spacial score (nSPS) is 14.1. The van der Waals surface area contributed by atoms with Gasteiger partial charge in [-0.25, -0.2) is 0 Å². The number of nitro groups is 1. The zero-order valence-electron chi connectivity index (χ0n) is 15.2.